The van der Waals surface area contributed by atoms with Crippen molar-refractivity contribution in [2.24, 2.45) is 0 Å². The number of thioether (sulfide) groups is 1. The molecule has 2 N–H and O–H groups in total. The van der Waals surface area contributed by atoms with Crippen LogP contribution in [0.4, 0.5) is 11.4 Å². The first-order chi connectivity index (χ1) is 16.0. The molecule has 2 amide bonds. The minimum Gasteiger partial charge on any atom is -0.497 e. The number of methoxy groups -OCH3 is 1. The molecule has 1 unspecified atom stereocenters. The predicted octanol–water partition coefficient (Wildman–Crippen LogP) is 6.22. The molecule has 0 heterocycles. The van der Waals surface area contributed by atoms with E-state index < -0.39 is 0 Å². The summed E-state index contributed by atoms with van der Waals surface area (Å²) in [6.45, 7) is 1.88. The van der Waals surface area contributed by atoms with E-state index in [0.29, 0.717) is 17.0 Å². The number of fused-ring (bicyclic) bond motifs is 1. The van der Waals surface area contributed by atoms with Gasteiger partial charge in [-0.1, -0.05) is 30.3 Å². The quantitative estimate of drug-likeness (QED) is 0.324. The molecule has 0 aromatic heterocycles. The van der Waals surface area contributed by atoms with Gasteiger partial charge in [-0.2, -0.15) is 0 Å². The number of hydrogen-bond acceptors (Lipinski definition) is 4. The summed E-state index contributed by atoms with van der Waals surface area (Å²) in [6.07, 6.45) is 0. The summed E-state index contributed by atoms with van der Waals surface area (Å²) in [4.78, 5) is 26.0. The van der Waals surface area contributed by atoms with Crippen LogP contribution in [0.1, 0.15) is 17.3 Å². The third-order valence-electron chi connectivity index (χ3n) is 5.16. The number of carbonyl (C=O) groups is 2. The van der Waals surface area contributed by atoms with Gasteiger partial charge in [0.15, 0.2) is 0 Å². The van der Waals surface area contributed by atoms with Gasteiger partial charge in [-0.25, -0.2) is 0 Å². The van der Waals surface area contributed by atoms with E-state index >= 15 is 0 Å². The number of carbonyl (C=O) groups excluding carboxylic acids is 2. The Balaban J connectivity index is 1.33. The Morgan fingerprint density at radius 1 is 0.788 bits per heavy atom. The van der Waals surface area contributed by atoms with Gasteiger partial charge < -0.3 is 15.4 Å². The maximum atomic E-state index is 12.7. The summed E-state index contributed by atoms with van der Waals surface area (Å²) >= 11 is 1.46. The number of hydrogen-bond donors (Lipinski definition) is 2. The molecule has 0 spiro atoms. The van der Waals surface area contributed by atoms with Gasteiger partial charge in [0.2, 0.25) is 5.91 Å². The molecular weight excluding hydrogens is 432 g/mol. The van der Waals surface area contributed by atoms with Crippen molar-refractivity contribution >= 4 is 45.7 Å². The SMILES string of the molecule is COc1ccc(C(=O)Nc2ccc(SC(C)C(=O)Nc3ccc4ccccc4c3)cc2)cc1. The van der Waals surface area contributed by atoms with Crippen LogP contribution in [0.25, 0.3) is 10.8 Å². The van der Waals surface area contributed by atoms with E-state index in [-0.39, 0.29) is 17.1 Å². The molecule has 5 nitrogen and oxygen atoms in total. The van der Waals surface area contributed by atoms with Crippen molar-refractivity contribution in [2.75, 3.05) is 17.7 Å². The molecule has 0 saturated heterocycles. The molecule has 1 atom stereocenters. The first-order valence-corrected chi connectivity index (χ1v) is 11.4. The highest BCUT2D eigenvalue weighted by molar-refractivity contribution is 8.00. The Bertz CT molecular complexity index is 1270. The van der Waals surface area contributed by atoms with Crippen molar-refractivity contribution in [3.05, 3.63) is 96.6 Å². The highest BCUT2D eigenvalue weighted by Gasteiger charge is 2.15. The molecule has 0 aliphatic heterocycles. The molecule has 0 aliphatic carbocycles. The molecule has 0 radical (unpaired) electrons. The van der Waals surface area contributed by atoms with Gasteiger partial charge >= 0.3 is 0 Å². The molecule has 166 valence electrons. The van der Waals surface area contributed by atoms with Crippen LogP contribution in [0.5, 0.6) is 5.75 Å². The molecule has 4 aromatic carbocycles. The van der Waals surface area contributed by atoms with E-state index in [0.717, 1.165) is 21.4 Å². The average molecular weight is 457 g/mol. The minimum absolute atomic E-state index is 0.0628. The molecule has 4 aromatic rings. The fourth-order valence-corrected chi connectivity index (χ4v) is 4.20. The van der Waals surface area contributed by atoms with Crippen molar-refractivity contribution < 1.29 is 14.3 Å². The van der Waals surface area contributed by atoms with Crippen LogP contribution in [0.2, 0.25) is 0 Å². The number of rotatable bonds is 7. The van der Waals surface area contributed by atoms with E-state index in [1.54, 1.807) is 31.4 Å². The largest absolute Gasteiger partial charge is 0.497 e. The van der Waals surface area contributed by atoms with Gasteiger partial charge in [-0.3, -0.25) is 9.59 Å². The lowest BCUT2D eigenvalue weighted by Crippen LogP contribution is -2.22. The smallest absolute Gasteiger partial charge is 0.255 e. The Kier molecular flexibility index (Phi) is 6.95. The van der Waals surface area contributed by atoms with Crippen LogP contribution in [0.3, 0.4) is 0 Å². The zero-order valence-electron chi connectivity index (χ0n) is 18.4. The van der Waals surface area contributed by atoms with Crippen molar-refractivity contribution in [2.45, 2.75) is 17.1 Å². The summed E-state index contributed by atoms with van der Waals surface area (Å²) in [5.74, 6) is 0.444. The summed E-state index contributed by atoms with van der Waals surface area (Å²) in [5, 5.41) is 7.81. The lowest BCUT2D eigenvalue weighted by Gasteiger charge is -2.13. The van der Waals surface area contributed by atoms with Gasteiger partial charge in [-0.05, 0) is 78.4 Å². The van der Waals surface area contributed by atoms with Crippen LogP contribution in [0, 0.1) is 0 Å². The summed E-state index contributed by atoms with van der Waals surface area (Å²) in [6, 6.07) is 28.3. The molecule has 6 heteroatoms. The van der Waals surface area contributed by atoms with Crippen LogP contribution in [0.15, 0.2) is 95.9 Å². The summed E-state index contributed by atoms with van der Waals surface area (Å²) in [7, 11) is 1.59. The maximum absolute atomic E-state index is 12.7. The second-order valence-electron chi connectivity index (χ2n) is 7.52. The second kappa shape index (κ2) is 10.2. The fraction of sp³-hybridized carbons (Fsp3) is 0.111. The highest BCUT2D eigenvalue weighted by atomic mass is 32.2. The Hall–Kier alpha value is -3.77. The van der Waals surface area contributed by atoms with Gasteiger partial charge in [0, 0.05) is 21.8 Å². The third-order valence-corrected chi connectivity index (χ3v) is 6.28. The van der Waals surface area contributed by atoms with Crippen LogP contribution in [-0.4, -0.2) is 24.2 Å². The molecule has 4 rings (SSSR count). The van der Waals surface area contributed by atoms with Crippen molar-refractivity contribution in [1.29, 1.82) is 0 Å². The van der Waals surface area contributed by atoms with Crippen molar-refractivity contribution in [1.82, 2.24) is 0 Å². The average Bonchev–Trinajstić information content (AvgIpc) is 2.85. The lowest BCUT2D eigenvalue weighted by molar-refractivity contribution is -0.115. The molecule has 33 heavy (non-hydrogen) atoms. The Labute approximate surface area is 197 Å². The van der Waals surface area contributed by atoms with Crippen LogP contribution in [-0.2, 0) is 4.79 Å². The van der Waals surface area contributed by atoms with E-state index in [1.807, 2.05) is 73.7 Å². The zero-order chi connectivity index (χ0) is 23.2. The van der Waals surface area contributed by atoms with Gasteiger partial charge in [0.25, 0.3) is 5.91 Å². The topological polar surface area (TPSA) is 67.4 Å². The van der Waals surface area contributed by atoms with Crippen LogP contribution < -0.4 is 15.4 Å². The first kappa shape index (κ1) is 22.4. The number of ether oxygens (including phenoxy) is 1. The number of nitrogens with one attached hydrogen (secondary N) is 2. The first-order valence-electron chi connectivity index (χ1n) is 10.5. The predicted molar refractivity (Wildman–Crippen MR) is 135 cm³/mol. The van der Waals surface area contributed by atoms with Gasteiger partial charge in [-0.15, -0.1) is 11.8 Å². The molecule has 0 saturated carbocycles. The van der Waals surface area contributed by atoms with Crippen molar-refractivity contribution in [3.63, 3.8) is 0 Å². The molecule has 0 bridgehead atoms. The standard InChI is InChI=1S/C27H24N2O3S/c1-18(26(30)29-23-10-7-19-5-3-4-6-21(19)17-23)33-25-15-11-22(12-16-25)28-27(31)20-8-13-24(32-2)14-9-20/h3-18H,1-2H3,(H,28,31)(H,29,30). The van der Waals surface area contributed by atoms with E-state index in [9.17, 15) is 9.59 Å². The lowest BCUT2D eigenvalue weighted by atomic mass is 10.1. The van der Waals surface area contributed by atoms with Gasteiger partial charge in [0.1, 0.15) is 5.75 Å². The highest BCUT2D eigenvalue weighted by Crippen LogP contribution is 2.26. The fourth-order valence-electron chi connectivity index (χ4n) is 3.33. The second-order valence-corrected chi connectivity index (χ2v) is 8.93. The Morgan fingerprint density at radius 3 is 2.15 bits per heavy atom. The van der Waals surface area contributed by atoms with E-state index in [2.05, 4.69) is 10.6 Å². The maximum Gasteiger partial charge on any atom is 0.255 e. The third kappa shape index (κ3) is 5.73. The van der Waals surface area contributed by atoms with Crippen molar-refractivity contribution in [3.8, 4) is 5.75 Å². The number of anilines is 2. The van der Waals surface area contributed by atoms with Crippen LogP contribution >= 0.6 is 11.8 Å². The number of amides is 2. The van der Waals surface area contributed by atoms with E-state index in [1.165, 1.54) is 11.8 Å². The number of benzene rings is 4. The minimum atomic E-state index is -0.281. The monoisotopic (exact) mass is 456 g/mol. The molecule has 0 aliphatic rings. The summed E-state index contributed by atoms with van der Waals surface area (Å²) in [5.41, 5.74) is 2.02. The normalized spacial score (nSPS) is 11.6. The Morgan fingerprint density at radius 2 is 1.45 bits per heavy atom. The molecular formula is C27H24N2O3S. The van der Waals surface area contributed by atoms with Gasteiger partial charge in [0.05, 0.1) is 12.4 Å². The van der Waals surface area contributed by atoms with E-state index in [4.69, 9.17) is 4.74 Å². The summed E-state index contributed by atoms with van der Waals surface area (Å²) < 4.78 is 5.12. The zero-order valence-corrected chi connectivity index (χ0v) is 19.2. The molecule has 0 fully saturated rings.